The lowest BCUT2D eigenvalue weighted by molar-refractivity contribution is -0.131. The van der Waals surface area contributed by atoms with E-state index in [1.807, 2.05) is 0 Å². The summed E-state index contributed by atoms with van der Waals surface area (Å²) in [4.78, 5) is 12.5. The lowest BCUT2D eigenvalue weighted by Crippen LogP contribution is -2.49. The Hall–Kier alpha value is -1.04. The number of carbonyl (C=O) groups is 1. The lowest BCUT2D eigenvalue weighted by Gasteiger charge is -2.36. The normalized spacial score (nSPS) is 34.3. The first kappa shape index (κ1) is 14.4. The summed E-state index contributed by atoms with van der Waals surface area (Å²) in [5.41, 5.74) is -0.735. The minimum atomic E-state index is -0.735. The average molecular weight is 262 g/mol. The predicted octanol–water partition coefficient (Wildman–Crippen LogP) is 3.40. The molecule has 0 aliphatic heterocycles. The molecule has 0 saturated heterocycles. The van der Waals surface area contributed by atoms with Crippen LogP contribution >= 0.6 is 0 Å². The van der Waals surface area contributed by atoms with Crippen LogP contribution in [0.15, 0.2) is 0 Å². The number of hydrogen-bond acceptors (Lipinski definition) is 2. The van der Waals surface area contributed by atoms with E-state index >= 15 is 0 Å². The van der Waals surface area contributed by atoms with Gasteiger partial charge in [-0.1, -0.05) is 33.1 Å². The first-order valence-electron chi connectivity index (χ1n) is 7.79. The molecule has 2 saturated carbocycles. The summed E-state index contributed by atoms with van der Waals surface area (Å²) in [5.74, 6) is 1.30. The molecule has 0 aromatic heterocycles. The van der Waals surface area contributed by atoms with Crippen LogP contribution in [0.4, 0.5) is 0 Å². The molecule has 0 aromatic rings. The first-order chi connectivity index (χ1) is 9.07. The summed E-state index contributed by atoms with van der Waals surface area (Å²) in [6.07, 6.45) is 8.11. The van der Waals surface area contributed by atoms with Gasteiger partial charge in [0, 0.05) is 6.04 Å². The maximum Gasteiger partial charge on any atom is 0.240 e. The molecule has 3 heteroatoms. The molecule has 0 aromatic carbocycles. The van der Waals surface area contributed by atoms with Crippen molar-refractivity contribution in [2.45, 2.75) is 71.3 Å². The summed E-state index contributed by atoms with van der Waals surface area (Å²) in [5, 5.41) is 12.6. The molecule has 2 aliphatic carbocycles. The summed E-state index contributed by atoms with van der Waals surface area (Å²) < 4.78 is 0. The van der Waals surface area contributed by atoms with E-state index in [4.69, 9.17) is 0 Å². The maximum absolute atomic E-state index is 12.5. The monoisotopic (exact) mass is 262 g/mol. The molecule has 3 nitrogen and oxygen atoms in total. The van der Waals surface area contributed by atoms with Crippen molar-refractivity contribution >= 4 is 5.91 Å². The van der Waals surface area contributed by atoms with Crippen LogP contribution < -0.4 is 5.32 Å². The fourth-order valence-electron chi connectivity index (χ4n) is 3.73. The van der Waals surface area contributed by atoms with Gasteiger partial charge in [0.25, 0.3) is 0 Å². The molecule has 1 N–H and O–H groups in total. The van der Waals surface area contributed by atoms with Gasteiger partial charge in [-0.15, -0.1) is 0 Å². The molecule has 106 valence electrons. The quantitative estimate of drug-likeness (QED) is 0.829. The number of nitrogens with zero attached hydrogens (tertiary/aromatic N) is 1. The van der Waals surface area contributed by atoms with Crippen LogP contribution in [0.5, 0.6) is 0 Å². The number of nitriles is 1. The topological polar surface area (TPSA) is 52.9 Å². The van der Waals surface area contributed by atoms with Crippen molar-refractivity contribution < 1.29 is 4.79 Å². The molecule has 0 heterocycles. The highest BCUT2D eigenvalue weighted by molar-refractivity contribution is 5.85. The summed E-state index contributed by atoms with van der Waals surface area (Å²) in [6, 6.07) is 2.59. The second kappa shape index (κ2) is 5.94. The van der Waals surface area contributed by atoms with Crippen molar-refractivity contribution in [1.29, 1.82) is 5.26 Å². The van der Waals surface area contributed by atoms with Crippen molar-refractivity contribution in [1.82, 2.24) is 5.32 Å². The van der Waals surface area contributed by atoms with E-state index in [1.165, 1.54) is 12.8 Å². The Morgan fingerprint density at radius 1 is 1.21 bits per heavy atom. The molecule has 0 radical (unpaired) electrons. The van der Waals surface area contributed by atoms with Gasteiger partial charge < -0.3 is 5.32 Å². The second-order valence-corrected chi connectivity index (χ2v) is 6.73. The van der Waals surface area contributed by atoms with E-state index in [1.54, 1.807) is 0 Å². The van der Waals surface area contributed by atoms with Gasteiger partial charge in [0.05, 0.1) is 6.07 Å². The Kier molecular flexibility index (Phi) is 4.50. The minimum Gasteiger partial charge on any atom is -0.352 e. The van der Waals surface area contributed by atoms with E-state index in [2.05, 4.69) is 25.2 Å². The highest BCUT2D eigenvalue weighted by atomic mass is 16.2. The Bertz CT molecular complexity index is 365. The van der Waals surface area contributed by atoms with Gasteiger partial charge in [-0.2, -0.15) is 5.26 Å². The van der Waals surface area contributed by atoms with Gasteiger partial charge in [0.1, 0.15) is 5.41 Å². The van der Waals surface area contributed by atoms with Crippen molar-refractivity contribution in [2.75, 3.05) is 0 Å². The molecule has 2 aliphatic rings. The Morgan fingerprint density at radius 3 is 2.47 bits per heavy atom. The highest BCUT2D eigenvalue weighted by Gasteiger charge is 2.41. The van der Waals surface area contributed by atoms with Gasteiger partial charge in [-0.3, -0.25) is 4.79 Å². The van der Waals surface area contributed by atoms with Crippen LogP contribution in [-0.4, -0.2) is 11.9 Å². The number of rotatable bonds is 2. The largest absolute Gasteiger partial charge is 0.352 e. The van der Waals surface area contributed by atoms with E-state index in [9.17, 15) is 10.1 Å². The molecule has 0 spiro atoms. The molecule has 2 fully saturated rings. The third-order valence-corrected chi connectivity index (χ3v) is 5.10. The molecular formula is C16H26N2O. The summed E-state index contributed by atoms with van der Waals surface area (Å²) in [6.45, 7) is 4.51. The number of hydrogen-bond donors (Lipinski definition) is 1. The molecule has 2 rings (SSSR count). The van der Waals surface area contributed by atoms with Crippen molar-refractivity contribution in [3.8, 4) is 6.07 Å². The SMILES string of the molecule is CC1CCC(NC(=O)C2(C#N)CCCCC2)C(C)C1. The molecule has 3 atom stereocenters. The zero-order valence-corrected chi connectivity index (χ0v) is 12.2. The highest BCUT2D eigenvalue weighted by Crippen LogP contribution is 2.37. The predicted molar refractivity (Wildman–Crippen MR) is 75.2 cm³/mol. The fourth-order valence-corrected chi connectivity index (χ4v) is 3.73. The third kappa shape index (κ3) is 3.11. The minimum absolute atomic E-state index is 0.00102. The van der Waals surface area contributed by atoms with Gasteiger partial charge in [-0.05, 0) is 43.9 Å². The fraction of sp³-hybridized carbons (Fsp3) is 0.875. The zero-order valence-electron chi connectivity index (χ0n) is 12.2. The molecule has 19 heavy (non-hydrogen) atoms. The average Bonchev–Trinajstić information content (AvgIpc) is 2.42. The molecule has 1 amide bonds. The van der Waals surface area contributed by atoms with Gasteiger partial charge in [-0.25, -0.2) is 0 Å². The third-order valence-electron chi connectivity index (χ3n) is 5.10. The maximum atomic E-state index is 12.5. The van der Waals surface area contributed by atoms with Gasteiger partial charge >= 0.3 is 0 Å². The number of amides is 1. The van der Waals surface area contributed by atoms with Crippen LogP contribution in [-0.2, 0) is 4.79 Å². The number of carbonyl (C=O) groups excluding carboxylic acids is 1. The van der Waals surface area contributed by atoms with E-state index in [-0.39, 0.29) is 11.9 Å². The molecular weight excluding hydrogens is 236 g/mol. The van der Waals surface area contributed by atoms with E-state index in [0.29, 0.717) is 5.92 Å². The van der Waals surface area contributed by atoms with Crippen molar-refractivity contribution in [3.63, 3.8) is 0 Å². The summed E-state index contributed by atoms with van der Waals surface area (Å²) >= 11 is 0. The van der Waals surface area contributed by atoms with Crippen LogP contribution in [0.3, 0.4) is 0 Å². The first-order valence-corrected chi connectivity index (χ1v) is 7.79. The summed E-state index contributed by atoms with van der Waals surface area (Å²) in [7, 11) is 0. The Morgan fingerprint density at radius 2 is 1.89 bits per heavy atom. The van der Waals surface area contributed by atoms with Crippen LogP contribution in [0.1, 0.15) is 65.2 Å². The van der Waals surface area contributed by atoms with Crippen LogP contribution in [0.25, 0.3) is 0 Å². The van der Waals surface area contributed by atoms with Crippen molar-refractivity contribution in [3.05, 3.63) is 0 Å². The molecule has 0 bridgehead atoms. The van der Waals surface area contributed by atoms with E-state index in [0.717, 1.165) is 44.4 Å². The van der Waals surface area contributed by atoms with Crippen LogP contribution in [0.2, 0.25) is 0 Å². The van der Waals surface area contributed by atoms with Gasteiger partial charge in [0.15, 0.2) is 0 Å². The van der Waals surface area contributed by atoms with Crippen molar-refractivity contribution in [2.24, 2.45) is 17.3 Å². The number of nitrogens with one attached hydrogen (secondary N) is 1. The van der Waals surface area contributed by atoms with Gasteiger partial charge in [0.2, 0.25) is 5.91 Å². The Labute approximate surface area is 116 Å². The lowest BCUT2D eigenvalue weighted by atomic mass is 9.73. The smallest absolute Gasteiger partial charge is 0.240 e. The van der Waals surface area contributed by atoms with E-state index < -0.39 is 5.41 Å². The standard InChI is InChI=1S/C16H26N2O/c1-12-6-7-14(13(2)10-12)18-15(19)16(11-17)8-4-3-5-9-16/h12-14H,3-10H2,1-2H3,(H,18,19). The Balaban J connectivity index is 1.98. The second-order valence-electron chi connectivity index (χ2n) is 6.73. The van der Waals surface area contributed by atoms with Crippen LogP contribution in [0, 0.1) is 28.6 Å². The molecule has 3 unspecified atom stereocenters. The zero-order chi connectivity index (χ0) is 13.9.